The summed E-state index contributed by atoms with van der Waals surface area (Å²) in [6.45, 7) is 7.45. The summed E-state index contributed by atoms with van der Waals surface area (Å²) in [6.07, 6.45) is 1.86. The number of pyridine rings is 1. The molecular formula is C11H15NO. The minimum Gasteiger partial charge on any atom is -0.388 e. The standard InChI is InChI=1S/C11H15NO/c1-4-5-11(13)10-6-8(2)12-9(3)7-10/h4,6-7,11,13H,1,5H2,2-3H3. The van der Waals surface area contributed by atoms with Gasteiger partial charge in [-0.1, -0.05) is 6.08 Å². The molecule has 0 spiro atoms. The predicted molar refractivity (Wildman–Crippen MR) is 53.5 cm³/mol. The Morgan fingerprint density at radius 2 is 2.00 bits per heavy atom. The van der Waals surface area contributed by atoms with Crippen LogP contribution in [0.1, 0.15) is 29.5 Å². The SMILES string of the molecule is C=CCC(O)c1cc(C)nc(C)c1. The number of rotatable bonds is 3. The highest BCUT2D eigenvalue weighted by Gasteiger charge is 2.06. The highest BCUT2D eigenvalue weighted by Crippen LogP contribution is 2.17. The van der Waals surface area contributed by atoms with Gasteiger partial charge in [-0.15, -0.1) is 6.58 Å². The van der Waals surface area contributed by atoms with Crippen molar-refractivity contribution in [2.45, 2.75) is 26.4 Å². The Morgan fingerprint density at radius 1 is 1.46 bits per heavy atom. The van der Waals surface area contributed by atoms with E-state index >= 15 is 0 Å². The monoisotopic (exact) mass is 177 g/mol. The lowest BCUT2D eigenvalue weighted by Crippen LogP contribution is -1.98. The van der Waals surface area contributed by atoms with Crippen molar-refractivity contribution in [1.29, 1.82) is 0 Å². The molecule has 13 heavy (non-hydrogen) atoms. The molecule has 1 aromatic heterocycles. The van der Waals surface area contributed by atoms with Crippen molar-refractivity contribution in [3.63, 3.8) is 0 Å². The van der Waals surface area contributed by atoms with Gasteiger partial charge in [0, 0.05) is 11.4 Å². The van der Waals surface area contributed by atoms with Gasteiger partial charge in [0.2, 0.25) is 0 Å². The maximum atomic E-state index is 9.67. The molecule has 0 fully saturated rings. The molecule has 0 aliphatic carbocycles. The van der Waals surface area contributed by atoms with Crippen LogP contribution in [-0.2, 0) is 0 Å². The van der Waals surface area contributed by atoms with Crippen LogP contribution in [-0.4, -0.2) is 10.1 Å². The first kappa shape index (κ1) is 9.93. The number of aliphatic hydroxyl groups excluding tert-OH is 1. The average molecular weight is 177 g/mol. The second-order valence-electron chi connectivity index (χ2n) is 3.22. The average Bonchev–Trinajstić information content (AvgIpc) is 2.03. The highest BCUT2D eigenvalue weighted by molar-refractivity contribution is 5.22. The van der Waals surface area contributed by atoms with Crippen LogP contribution in [0, 0.1) is 13.8 Å². The van der Waals surface area contributed by atoms with E-state index < -0.39 is 6.10 Å². The first-order chi connectivity index (χ1) is 6.13. The lowest BCUT2D eigenvalue weighted by molar-refractivity contribution is 0.181. The molecule has 0 radical (unpaired) electrons. The van der Waals surface area contributed by atoms with E-state index in [4.69, 9.17) is 0 Å². The summed E-state index contributed by atoms with van der Waals surface area (Å²) in [6, 6.07) is 3.81. The number of aromatic nitrogens is 1. The number of aryl methyl sites for hydroxylation is 2. The van der Waals surface area contributed by atoms with Crippen LogP contribution in [0.5, 0.6) is 0 Å². The normalized spacial score (nSPS) is 12.5. The molecule has 70 valence electrons. The summed E-state index contributed by atoms with van der Waals surface area (Å²) in [7, 11) is 0. The summed E-state index contributed by atoms with van der Waals surface area (Å²) in [5.41, 5.74) is 2.81. The second kappa shape index (κ2) is 4.19. The van der Waals surface area contributed by atoms with Gasteiger partial charge >= 0.3 is 0 Å². The van der Waals surface area contributed by atoms with E-state index in [9.17, 15) is 5.11 Å². The summed E-state index contributed by atoms with van der Waals surface area (Å²) in [4.78, 5) is 4.24. The van der Waals surface area contributed by atoms with Crippen molar-refractivity contribution in [1.82, 2.24) is 4.98 Å². The summed E-state index contributed by atoms with van der Waals surface area (Å²) >= 11 is 0. The van der Waals surface area contributed by atoms with Gasteiger partial charge in [0.1, 0.15) is 0 Å². The minimum atomic E-state index is -0.446. The Labute approximate surface area is 78.9 Å². The van der Waals surface area contributed by atoms with Crippen molar-refractivity contribution in [2.75, 3.05) is 0 Å². The van der Waals surface area contributed by atoms with E-state index in [-0.39, 0.29) is 0 Å². The predicted octanol–water partition coefficient (Wildman–Crippen LogP) is 2.31. The van der Waals surface area contributed by atoms with Crippen molar-refractivity contribution in [2.24, 2.45) is 0 Å². The molecule has 1 aromatic rings. The third-order valence-corrected chi connectivity index (χ3v) is 1.88. The van der Waals surface area contributed by atoms with Gasteiger partial charge in [-0.25, -0.2) is 0 Å². The summed E-state index contributed by atoms with van der Waals surface area (Å²) < 4.78 is 0. The molecule has 1 rings (SSSR count). The minimum absolute atomic E-state index is 0.446. The lowest BCUT2D eigenvalue weighted by Gasteiger charge is -2.09. The van der Waals surface area contributed by atoms with Crippen LogP contribution in [0.2, 0.25) is 0 Å². The zero-order chi connectivity index (χ0) is 9.84. The zero-order valence-corrected chi connectivity index (χ0v) is 8.12. The largest absolute Gasteiger partial charge is 0.388 e. The Kier molecular flexibility index (Phi) is 3.20. The molecule has 0 aliphatic heterocycles. The van der Waals surface area contributed by atoms with Crippen LogP contribution in [0.25, 0.3) is 0 Å². The first-order valence-corrected chi connectivity index (χ1v) is 4.37. The van der Waals surface area contributed by atoms with Crippen molar-refractivity contribution < 1.29 is 5.11 Å². The topological polar surface area (TPSA) is 33.1 Å². The molecule has 2 nitrogen and oxygen atoms in total. The van der Waals surface area contributed by atoms with E-state index in [2.05, 4.69) is 11.6 Å². The molecule has 1 heterocycles. The third kappa shape index (κ3) is 2.67. The zero-order valence-electron chi connectivity index (χ0n) is 8.12. The van der Waals surface area contributed by atoms with Crippen LogP contribution >= 0.6 is 0 Å². The Balaban J connectivity index is 2.93. The third-order valence-electron chi connectivity index (χ3n) is 1.88. The van der Waals surface area contributed by atoms with E-state index in [1.54, 1.807) is 6.08 Å². The van der Waals surface area contributed by atoms with Gasteiger partial charge in [0.15, 0.2) is 0 Å². The lowest BCUT2D eigenvalue weighted by atomic mass is 10.1. The van der Waals surface area contributed by atoms with Gasteiger partial charge in [-0.3, -0.25) is 4.98 Å². The molecule has 0 bridgehead atoms. The molecule has 0 saturated carbocycles. The van der Waals surface area contributed by atoms with E-state index in [1.165, 1.54) is 0 Å². The van der Waals surface area contributed by atoms with Crippen molar-refractivity contribution in [3.8, 4) is 0 Å². The Hall–Kier alpha value is -1.15. The smallest absolute Gasteiger partial charge is 0.0825 e. The van der Waals surface area contributed by atoms with Gasteiger partial charge in [0.05, 0.1) is 6.10 Å². The van der Waals surface area contributed by atoms with E-state index in [1.807, 2.05) is 26.0 Å². The summed E-state index contributed by atoms with van der Waals surface area (Å²) in [5, 5.41) is 9.67. The molecule has 0 aromatic carbocycles. The molecule has 1 atom stereocenters. The van der Waals surface area contributed by atoms with Gasteiger partial charge in [-0.05, 0) is 38.0 Å². The van der Waals surface area contributed by atoms with Crippen LogP contribution in [0.15, 0.2) is 24.8 Å². The molecular weight excluding hydrogens is 162 g/mol. The van der Waals surface area contributed by atoms with Crippen molar-refractivity contribution >= 4 is 0 Å². The first-order valence-electron chi connectivity index (χ1n) is 4.37. The Morgan fingerprint density at radius 3 is 2.46 bits per heavy atom. The van der Waals surface area contributed by atoms with Crippen LogP contribution in [0.4, 0.5) is 0 Å². The number of hydrogen-bond donors (Lipinski definition) is 1. The fourth-order valence-electron chi connectivity index (χ4n) is 1.35. The fraction of sp³-hybridized carbons (Fsp3) is 0.364. The van der Waals surface area contributed by atoms with Crippen LogP contribution in [0.3, 0.4) is 0 Å². The molecule has 1 unspecified atom stereocenters. The highest BCUT2D eigenvalue weighted by atomic mass is 16.3. The number of aliphatic hydroxyl groups is 1. The number of nitrogens with zero attached hydrogens (tertiary/aromatic N) is 1. The van der Waals surface area contributed by atoms with Crippen molar-refractivity contribution in [3.05, 3.63) is 41.7 Å². The fourth-order valence-corrected chi connectivity index (χ4v) is 1.35. The van der Waals surface area contributed by atoms with E-state index in [0.717, 1.165) is 17.0 Å². The molecule has 2 heteroatoms. The second-order valence-corrected chi connectivity index (χ2v) is 3.22. The van der Waals surface area contributed by atoms with Gasteiger partial charge in [-0.2, -0.15) is 0 Å². The quantitative estimate of drug-likeness (QED) is 0.719. The Bertz CT molecular complexity index is 287. The van der Waals surface area contributed by atoms with Crippen LogP contribution < -0.4 is 0 Å². The molecule has 0 saturated heterocycles. The molecule has 0 aliphatic rings. The molecule has 0 amide bonds. The van der Waals surface area contributed by atoms with Gasteiger partial charge in [0.25, 0.3) is 0 Å². The maximum Gasteiger partial charge on any atom is 0.0825 e. The maximum absolute atomic E-state index is 9.67. The van der Waals surface area contributed by atoms with Gasteiger partial charge < -0.3 is 5.11 Å². The summed E-state index contributed by atoms with van der Waals surface area (Å²) in [5.74, 6) is 0. The van der Waals surface area contributed by atoms with E-state index in [0.29, 0.717) is 6.42 Å². The molecule has 1 N–H and O–H groups in total. The number of hydrogen-bond acceptors (Lipinski definition) is 2.